The normalized spacial score (nSPS) is 10.9. The predicted octanol–water partition coefficient (Wildman–Crippen LogP) is 2.37. The molecular weight excluding hydrogens is 216 g/mol. The van der Waals surface area contributed by atoms with E-state index in [9.17, 15) is 4.79 Å². The number of benzene rings is 1. The lowest BCUT2D eigenvalue weighted by Crippen LogP contribution is -2.03. The third kappa shape index (κ3) is 3.44. The Hall–Kier alpha value is -1.81. The number of hydrogen-bond donors (Lipinski definition) is 3. The molecule has 0 aliphatic heterocycles. The van der Waals surface area contributed by atoms with Crippen molar-refractivity contribution in [3.8, 4) is 0 Å². The summed E-state index contributed by atoms with van der Waals surface area (Å²) < 4.78 is 0. The summed E-state index contributed by atoms with van der Waals surface area (Å²) in [5, 5.41) is 18.8. The quantitative estimate of drug-likeness (QED) is 0.543. The van der Waals surface area contributed by atoms with Crippen molar-refractivity contribution in [1.29, 1.82) is 5.41 Å². The van der Waals surface area contributed by atoms with E-state index in [1.54, 1.807) is 24.3 Å². The van der Waals surface area contributed by atoms with Gasteiger partial charge in [-0.1, -0.05) is 17.7 Å². The topological polar surface area (TPSA) is 73.2 Å². The largest absolute Gasteiger partial charge is 0.478 e. The van der Waals surface area contributed by atoms with Crippen molar-refractivity contribution >= 4 is 29.5 Å². The molecule has 0 amide bonds. The van der Waals surface area contributed by atoms with Crippen LogP contribution < -0.4 is 5.32 Å². The number of halogens is 1. The van der Waals surface area contributed by atoms with Crippen molar-refractivity contribution in [2.24, 2.45) is 0 Å². The molecule has 0 saturated heterocycles. The lowest BCUT2D eigenvalue weighted by atomic mass is 10.3. The van der Waals surface area contributed by atoms with Gasteiger partial charge in [0, 0.05) is 23.1 Å². The highest BCUT2D eigenvalue weighted by Gasteiger charge is 2.02. The van der Waals surface area contributed by atoms with Crippen LogP contribution in [0.3, 0.4) is 0 Å². The minimum atomic E-state index is -1.15. The Labute approximate surface area is 91.7 Å². The lowest BCUT2D eigenvalue weighted by Gasteiger charge is -2.01. The van der Waals surface area contributed by atoms with E-state index in [0.717, 1.165) is 6.21 Å². The number of hydrogen-bond acceptors (Lipinski definition) is 3. The van der Waals surface area contributed by atoms with Gasteiger partial charge in [0.15, 0.2) is 0 Å². The Morgan fingerprint density at radius 1 is 1.53 bits per heavy atom. The molecule has 1 rings (SSSR count). The van der Waals surface area contributed by atoms with Crippen molar-refractivity contribution in [1.82, 2.24) is 0 Å². The molecule has 0 heterocycles. The molecule has 0 bridgehead atoms. The zero-order valence-corrected chi connectivity index (χ0v) is 8.45. The summed E-state index contributed by atoms with van der Waals surface area (Å²) in [7, 11) is 0. The molecule has 0 aliphatic rings. The molecule has 0 spiro atoms. The van der Waals surface area contributed by atoms with Gasteiger partial charge in [-0.2, -0.15) is 0 Å². The molecule has 0 fully saturated rings. The maximum atomic E-state index is 10.5. The van der Waals surface area contributed by atoms with E-state index in [1.807, 2.05) is 0 Å². The molecule has 4 nitrogen and oxygen atoms in total. The minimum absolute atomic E-state index is 0.130. The minimum Gasteiger partial charge on any atom is -0.478 e. The van der Waals surface area contributed by atoms with Crippen LogP contribution in [0.5, 0.6) is 0 Å². The monoisotopic (exact) mass is 224 g/mol. The van der Waals surface area contributed by atoms with Crippen LogP contribution in [0.25, 0.3) is 0 Å². The Balaban J connectivity index is 2.78. The van der Waals surface area contributed by atoms with Gasteiger partial charge in [0.1, 0.15) is 0 Å². The maximum Gasteiger partial charge on any atom is 0.338 e. The summed E-state index contributed by atoms with van der Waals surface area (Å²) >= 11 is 5.73. The van der Waals surface area contributed by atoms with Crippen LogP contribution in [0.4, 0.5) is 5.69 Å². The van der Waals surface area contributed by atoms with E-state index < -0.39 is 5.97 Å². The molecule has 3 N–H and O–H groups in total. The first-order valence-corrected chi connectivity index (χ1v) is 4.47. The first-order valence-electron chi connectivity index (χ1n) is 4.09. The van der Waals surface area contributed by atoms with Crippen LogP contribution >= 0.6 is 11.6 Å². The standard InChI is InChI=1S/C10H9ClN2O2/c11-8-2-1-3-9(4-8)13-6-7(5-12)10(14)15/h1-6,12-13H,(H,14,15)/b7-6+,12-5?. The third-order valence-corrected chi connectivity index (χ3v) is 1.86. The fraction of sp³-hybridized carbons (Fsp3) is 0. The summed E-state index contributed by atoms with van der Waals surface area (Å²) in [5.74, 6) is -1.15. The molecule has 78 valence electrons. The number of carbonyl (C=O) groups is 1. The zero-order valence-electron chi connectivity index (χ0n) is 7.70. The Bertz CT molecular complexity index is 416. The highest BCUT2D eigenvalue weighted by atomic mass is 35.5. The van der Waals surface area contributed by atoms with Crippen molar-refractivity contribution < 1.29 is 9.90 Å². The smallest absolute Gasteiger partial charge is 0.338 e. The van der Waals surface area contributed by atoms with Gasteiger partial charge in [-0.3, -0.25) is 0 Å². The number of aliphatic carboxylic acids is 1. The number of carboxylic acids is 1. The van der Waals surface area contributed by atoms with E-state index in [0.29, 0.717) is 10.7 Å². The molecular formula is C10H9ClN2O2. The van der Waals surface area contributed by atoms with Gasteiger partial charge in [0.25, 0.3) is 0 Å². The molecule has 0 aromatic heterocycles. The van der Waals surface area contributed by atoms with Gasteiger partial charge in [-0.05, 0) is 18.2 Å². The van der Waals surface area contributed by atoms with Gasteiger partial charge in [-0.25, -0.2) is 4.79 Å². The van der Waals surface area contributed by atoms with E-state index in [-0.39, 0.29) is 5.57 Å². The van der Waals surface area contributed by atoms with Crippen LogP contribution in [0.15, 0.2) is 36.0 Å². The van der Waals surface area contributed by atoms with Gasteiger partial charge in [-0.15, -0.1) is 0 Å². The number of anilines is 1. The Kier molecular flexibility index (Phi) is 3.88. The summed E-state index contributed by atoms with van der Waals surface area (Å²) in [6.07, 6.45) is 2.00. The maximum absolute atomic E-state index is 10.5. The number of carboxylic acid groups (broad SMARTS) is 1. The second kappa shape index (κ2) is 5.17. The van der Waals surface area contributed by atoms with E-state index in [2.05, 4.69) is 5.32 Å². The highest BCUT2D eigenvalue weighted by Crippen LogP contribution is 2.14. The molecule has 15 heavy (non-hydrogen) atoms. The summed E-state index contributed by atoms with van der Waals surface area (Å²) in [5.41, 5.74) is 0.540. The van der Waals surface area contributed by atoms with Crippen LogP contribution in [-0.2, 0) is 4.79 Å². The second-order valence-corrected chi connectivity index (χ2v) is 3.14. The van der Waals surface area contributed by atoms with E-state index >= 15 is 0 Å². The number of nitrogens with one attached hydrogen (secondary N) is 2. The fourth-order valence-electron chi connectivity index (χ4n) is 0.904. The molecule has 1 aromatic rings. The first kappa shape index (κ1) is 11.3. The highest BCUT2D eigenvalue weighted by molar-refractivity contribution is 6.30. The van der Waals surface area contributed by atoms with Crippen LogP contribution in [0, 0.1) is 5.41 Å². The van der Waals surface area contributed by atoms with Crippen molar-refractivity contribution in [2.75, 3.05) is 5.32 Å². The summed E-state index contributed by atoms with van der Waals surface area (Å²) in [6, 6.07) is 6.85. The molecule has 1 aromatic carbocycles. The fourth-order valence-corrected chi connectivity index (χ4v) is 1.09. The van der Waals surface area contributed by atoms with Crippen LogP contribution in [0.1, 0.15) is 0 Å². The SMILES string of the molecule is N=C/C(=C\Nc1cccc(Cl)c1)C(=O)O. The average molecular weight is 225 g/mol. The summed E-state index contributed by atoms with van der Waals surface area (Å²) in [6.45, 7) is 0. The van der Waals surface area contributed by atoms with E-state index in [4.69, 9.17) is 22.1 Å². The van der Waals surface area contributed by atoms with Crippen LogP contribution in [0.2, 0.25) is 5.02 Å². The third-order valence-electron chi connectivity index (χ3n) is 1.62. The second-order valence-electron chi connectivity index (χ2n) is 2.70. The first-order chi connectivity index (χ1) is 7.13. The van der Waals surface area contributed by atoms with Gasteiger partial charge < -0.3 is 15.8 Å². The Morgan fingerprint density at radius 3 is 2.80 bits per heavy atom. The van der Waals surface area contributed by atoms with Crippen molar-refractivity contribution in [3.05, 3.63) is 41.1 Å². The van der Waals surface area contributed by atoms with E-state index in [1.165, 1.54) is 6.20 Å². The van der Waals surface area contributed by atoms with Crippen LogP contribution in [-0.4, -0.2) is 17.3 Å². The molecule has 0 unspecified atom stereocenters. The number of rotatable bonds is 4. The van der Waals surface area contributed by atoms with Gasteiger partial charge in [0.05, 0.1) is 5.57 Å². The molecule has 0 aliphatic carbocycles. The lowest BCUT2D eigenvalue weighted by molar-refractivity contribution is -0.132. The summed E-state index contributed by atoms with van der Waals surface area (Å²) in [4.78, 5) is 10.5. The van der Waals surface area contributed by atoms with Crippen molar-refractivity contribution in [2.45, 2.75) is 0 Å². The zero-order chi connectivity index (χ0) is 11.3. The van der Waals surface area contributed by atoms with Crippen molar-refractivity contribution in [3.63, 3.8) is 0 Å². The average Bonchev–Trinajstić information content (AvgIpc) is 2.18. The predicted molar refractivity (Wildman–Crippen MR) is 59.6 cm³/mol. The van der Waals surface area contributed by atoms with Gasteiger partial charge >= 0.3 is 5.97 Å². The molecule has 0 radical (unpaired) electrons. The molecule has 0 atom stereocenters. The molecule has 5 heteroatoms. The molecule has 0 saturated carbocycles. The Morgan fingerprint density at radius 2 is 2.27 bits per heavy atom. The van der Waals surface area contributed by atoms with Gasteiger partial charge in [0.2, 0.25) is 0 Å².